The molecule has 0 unspecified atom stereocenters. The van der Waals surface area contributed by atoms with Crippen LogP contribution in [-0.2, 0) is 4.79 Å². The minimum atomic E-state index is -0.523. The first kappa shape index (κ1) is 11.0. The van der Waals surface area contributed by atoms with Gasteiger partial charge < -0.3 is 20.3 Å². The van der Waals surface area contributed by atoms with E-state index in [-0.39, 0.29) is 24.3 Å². The van der Waals surface area contributed by atoms with Crippen LogP contribution in [0.25, 0.3) is 0 Å². The van der Waals surface area contributed by atoms with Gasteiger partial charge in [-0.3, -0.25) is 4.79 Å². The number of phenols is 2. The molecule has 3 N–H and O–H groups in total. The second kappa shape index (κ2) is 4.99. The van der Waals surface area contributed by atoms with Gasteiger partial charge in [0, 0.05) is 13.0 Å². The number of benzene rings is 1. The zero-order valence-corrected chi connectivity index (χ0v) is 7.93. The SMILES string of the molecule is O=CCCNC(=O)c1cccc(O)c1O. The highest BCUT2D eigenvalue weighted by Crippen LogP contribution is 2.27. The van der Waals surface area contributed by atoms with E-state index in [4.69, 9.17) is 5.11 Å². The molecule has 0 aromatic heterocycles. The lowest BCUT2D eigenvalue weighted by atomic mass is 10.1. The molecule has 0 bridgehead atoms. The number of amides is 1. The van der Waals surface area contributed by atoms with Crippen LogP contribution in [0.4, 0.5) is 0 Å². The number of carbonyl (C=O) groups is 2. The van der Waals surface area contributed by atoms with Crippen molar-refractivity contribution in [1.29, 1.82) is 0 Å². The fraction of sp³-hybridized carbons (Fsp3) is 0.200. The third-order valence-corrected chi connectivity index (χ3v) is 1.81. The van der Waals surface area contributed by atoms with Crippen LogP contribution in [0.2, 0.25) is 0 Å². The maximum absolute atomic E-state index is 11.4. The average molecular weight is 209 g/mol. The second-order valence-corrected chi connectivity index (χ2v) is 2.88. The van der Waals surface area contributed by atoms with Gasteiger partial charge in [0.25, 0.3) is 5.91 Å². The van der Waals surface area contributed by atoms with Gasteiger partial charge in [0.1, 0.15) is 6.29 Å². The molecular weight excluding hydrogens is 198 g/mol. The molecule has 1 amide bonds. The van der Waals surface area contributed by atoms with Crippen molar-refractivity contribution >= 4 is 12.2 Å². The summed E-state index contributed by atoms with van der Waals surface area (Å²) in [5.41, 5.74) is -0.0131. The van der Waals surface area contributed by atoms with Gasteiger partial charge in [0.2, 0.25) is 0 Å². The van der Waals surface area contributed by atoms with Crippen LogP contribution in [0.15, 0.2) is 18.2 Å². The monoisotopic (exact) mass is 209 g/mol. The van der Waals surface area contributed by atoms with Crippen LogP contribution in [0.1, 0.15) is 16.8 Å². The Kier molecular flexibility index (Phi) is 3.68. The highest BCUT2D eigenvalue weighted by Gasteiger charge is 2.12. The molecule has 0 spiro atoms. The molecule has 1 rings (SSSR count). The molecule has 0 radical (unpaired) electrons. The van der Waals surface area contributed by atoms with Crippen molar-refractivity contribution in [2.45, 2.75) is 6.42 Å². The highest BCUT2D eigenvalue weighted by molar-refractivity contribution is 5.97. The van der Waals surface area contributed by atoms with Gasteiger partial charge in [0.05, 0.1) is 5.56 Å². The van der Waals surface area contributed by atoms with Gasteiger partial charge in [0.15, 0.2) is 11.5 Å². The molecular formula is C10H11NO4. The number of hydrogen-bond acceptors (Lipinski definition) is 4. The Morgan fingerprint density at radius 1 is 1.40 bits per heavy atom. The second-order valence-electron chi connectivity index (χ2n) is 2.88. The summed E-state index contributed by atoms with van der Waals surface area (Å²) >= 11 is 0. The van der Waals surface area contributed by atoms with Crippen molar-refractivity contribution in [2.75, 3.05) is 6.54 Å². The zero-order chi connectivity index (χ0) is 11.3. The van der Waals surface area contributed by atoms with Gasteiger partial charge in [-0.15, -0.1) is 0 Å². The Morgan fingerprint density at radius 3 is 2.80 bits per heavy atom. The van der Waals surface area contributed by atoms with Gasteiger partial charge >= 0.3 is 0 Å². The topological polar surface area (TPSA) is 86.6 Å². The standard InChI is InChI=1S/C10H11NO4/c12-6-2-5-11-10(15)7-3-1-4-8(13)9(7)14/h1,3-4,6,13-14H,2,5H2,(H,11,15). The Hall–Kier alpha value is -2.04. The molecule has 0 aliphatic heterocycles. The summed E-state index contributed by atoms with van der Waals surface area (Å²) in [4.78, 5) is 21.4. The van der Waals surface area contributed by atoms with Crippen LogP contribution < -0.4 is 5.32 Å². The van der Waals surface area contributed by atoms with E-state index in [1.807, 2.05) is 0 Å². The number of nitrogens with one attached hydrogen (secondary N) is 1. The molecule has 0 saturated heterocycles. The number of carbonyl (C=O) groups excluding carboxylic acids is 2. The zero-order valence-electron chi connectivity index (χ0n) is 7.93. The summed E-state index contributed by atoms with van der Waals surface area (Å²) in [7, 11) is 0. The summed E-state index contributed by atoms with van der Waals surface area (Å²) in [6.07, 6.45) is 0.897. The van der Waals surface area contributed by atoms with E-state index in [9.17, 15) is 14.7 Å². The first-order chi connectivity index (χ1) is 7.16. The van der Waals surface area contributed by atoms with E-state index in [1.54, 1.807) is 0 Å². The molecule has 80 valence electrons. The summed E-state index contributed by atoms with van der Waals surface area (Å²) in [5, 5.41) is 20.9. The predicted molar refractivity (Wildman–Crippen MR) is 52.8 cm³/mol. The fourth-order valence-electron chi connectivity index (χ4n) is 1.05. The molecule has 0 aliphatic rings. The number of aldehydes is 1. The Balaban J connectivity index is 2.73. The van der Waals surface area contributed by atoms with Gasteiger partial charge in [-0.2, -0.15) is 0 Å². The number of aromatic hydroxyl groups is 2. The van der Waals surface area contributed by atoms with E-state index >= 15 is 0 Å². The molecule has 0 heterocycles. The lowest BCUT2D eigenvalue weighted by Gasteiger charge is -2.05. The Labute approximate surface area is 86.4 Å². The molecule has 0 aliphatic carbocycles. The summed E-state index contributed by atoms with van der Waals surface area (Å²) < 4.78 is 0. The maximum atomic E-state index is 11.4. The van der Waals surface area contributed by atoms with Gasteiger partial charge in [-0.05, 0) is 12.1 Å². The molecule has 0 fully saturated rings. The Morgan fingerprint density at radius 2 is 2.13 bits per heavy atom. The van der Waals surface area contributed by atoms with E-state index < -0.39 is 11.7 Å². The highest BCUT2D eigenvalue weighted by atomic mass is 16.3. The minimum absolute atomic E-state index is 0.0131. The maximum Gasteiger partial charge on any atom is 0.255 e. The lowest BCUT2D eigenvalue weighted by molar-refractivity contribution is -0.107. The van der Waals surface area contributed by atoms with Crippen molar-refractivity contribution in [2.24, 2.45) is 0 Å². The van der Waals surface area contributed by atoms with Crippen molar-refractivity contribution in [3.05, 3.63) is 23.8 Å². The van der Waals surface area contributed by atoms with Crippen LogP contribution >= 0.6 is 0 Å². The van der Waals surface area contributed by atoms with Crippen molar-refractivity contribution < 1.29 is 19.8 Å². The average Bonchev–Trinajstić information content (AvgIpc) is 2.22. The molecule has 5 nitrogen and oxygen atoms in total. The lowest BCUT2D eigenvalue weighted by Crippen LogP contribution is -2.24. The molecule has 0 atom stereocenters. The van der Waals surface area contributed by atoms with Crippen molar-refractivity contribution in [3.63, 3.8) is 0 Å². The molecule has 5 heteroatoms. The number of phenolic OH excluding ortho intramolecular Hbond substituents is 2. The van der Waals surface area contributed by atoms with E-state index in [0.717, 1.165) is 0 Å². The van der Waals surface area contributed by atoms with Crippen LogP contribution in [-0.4, -0.2) is 29.0 Å². The third-order valence-electron chi connectivity index (χ3n) is 1.81. The minimum Gasteiger partial charge on any atom is -0.504 e. The molecule has 0 saturated carbocycles. The molecule has 1 aromatic rings. The first-order valence-electron chi connectivity index (χ1n) is 4.39. The number of para-hydroxylation sites is 1. The summed E-state index contributed by atoms with van der Waals surface area (Å²) in [6, 6.07) is 4.10. The smallest absolute Gasteiger partial charge is 0.255 e. The summed E-state index contributed by atoms with van der Waals surface area (Å²) in [5.74, 6) is -1.33. The molecule has 15 heavy (non-hydrogen) atoms. The van der Waals surface area contributed by atoms with Gasteiger partial charge in [-0.25, -0.2) is 0 Å². The predicted octanol–water partition coefficient (Wildman–Crippen LogP) is 0.417. The van der Waals surface area contributed by atoms with E-state index in [1.165, 1.54) is 18.2 Å². The normalized spacial score (nSPS) is 9.60. The van der Waals surface area contributed by atoms with Crippen LogP contribution in [0.3, 0.4) is 0 Å². The van der Waals surface area contributed by atoms with E-state index in [2.05, 4.69) is 5.32 Å². The van der Waals surface area contributed by atoms with E-state index in [0.29, 0.717) is 6.29 Å². The quantitative estimate of drug-likeness (QED) is 0.381. The van der Waals surface area contributed by atoms with Crippen molar-refractivity contribution in [1.82, 2.24) is 5.32 Å². The molecule has 1 aromatic carbocycles. The number of hydrogen-bond donors (Lipinski definition) is 3. The van der Waals surface area contributed by atoms with Gasteiger partial charge in [-0.1, -0.05) is 6.07 Å². The third kappa shape index (κ3) is 2.70. The number of rotatable bonds is 4. The fourth-order valence-corrected chi connectivity index (χ4v) is 1.05. The van der Waals surface area contributed by atoms with Crippen LogP contribution in [0, 0.1) is 0 Å². The van der Waals surface area contributed by atoms with Crippen molar-refractivity contribution in [3.8, 4) is 11.5 Å². The van der Waals surface area contributed by atoms with Crippen LogP contribution in [0.5, 0.6) is 11.5 Å². The Bertz CT molecular complexity index is 376. The first-order valence-corrected chi connectivity index (χ1v) is 4.39. The summed E-state index contributed by atoms with van der Waals surface area (Å²) in [6.45, 7) is 0.206. The largest absolute Gasteiger partial charge is 0.504 e.